The fourth-order valence-corrected chi connectivity index (χ4v) is 2.78. The van der Waals surface area contributed by atoms with E-state index in [1.165, 1.54) is 16.9 Å². The van der Waals surface area contributed by atoms with E-state index in [4.69, 9.17) is 11.6 Å². The average Bonchev–Trinajstić information content (AvgIpc) is 2.72. The van der Waals surface area contributed by atoms with Crippen molar-refractivity contribution in [1.82, 2.24) is 4.98 Å². The Balaban J connectivity index is 2.12. The van der Waals surface area contributed by atoms with E-state index >= 15 is 0 Å². The number of amides is 1. The van der Waals surface area contributed by atoms with Crippen molar-refractivity contribution in [1.29, 1.82) is 0 Å². The molecule has 1 heterocycles. The van der Waals surface area contributed by atoms with Gasteiger partial charge in [0, 0.05) is 22.7 Å². The van der Waals surface area contributed by atoms with Gasteiger partial charge in [0.15, 0.2) is 5.13 Å². The van der Waals surface area contributed by atoms with Gasteiger partial charge >= 0.3 is 0 Å². The van der Waals surface area contributed by atoms with Crippen LogP contribution in [0.3, 0.4) is 0 Å². The predicted octanol–water partition coefficient (Wildman–Crippen LogP) is 4.04. The minimum atomic E-state index is -0.00760. The van der Waals surface area contributed by atoms with Crippen LogP contribution >= 0.6 is 22.9 Å². The highest BCUT2D eigenvalue weighted by atomic mass is 35.5. The van der Waals surface area contributed by atoms with Gasteiger partial charge < -0.3 is 5.32 Å². The smallest absolute Gasteiger partial charge is 0.225 e. The second-order valence-electron chi connectivity index (χ2n) is 4.23. The number of halogens is 1. The third kappa shape index (κ3) is 3.78. The molecular formula is C14H15ClN2OS. The van der Waals surface area contributed by atoms with Gasteiger partial charge in [0.25, 0.3) is 0 Å². The van der Waals surface area contributed by atoms with Gasteiger partial charge in [0.2, 0.25) is 5.91 Å². The zero-order chi connectivity index (χ0) is 13.8. The van der Waals surface area contributed by atoms with Crippen molar-refractivity contribution >= 4 is 34.0 Å². The molecule has 0 atom stereocenters. The molecule has 19 heavy (non-hydrogen) atoms. The van der Waals surface area contributed by atoms with E-state index in [0.29, 0.717) is 11.6 Å². The molecule has 0 radical (unpaired) electrons. The highest BCUT2D eigenvalue weighted by Crippen LogP contribution is 2.25. The maximum Gasteiger partial charge on any atom is 0.225 e. The molecule has 2 rings (SSSR count). The van der Waals surface area contributed by atoms with Crippen LogP contribution in [0.4, 0.5) is 5.13 Å². The number of hydrogen-bond donors (Lipinski definition) is 1. The van der Waals surface area contributed by atoms with Crippen LogP contribution in [0.1, 0.15) is 29.5 Å². The van der Waals surface area contributed by atoms with Crippen LogP contribution in [0.25, 0.3) is 0 Å². The summed E-state index contributed by atoms with van der Waals surface area (Å²) in [5, 5.41) is 4.21. The van der Waals surface area contributed by atoms with Crippen LogP contribution in [0.5, 0.6) is 0 Å². The van der Waals surface area contributed by atoms with E-state index in [1.54, 1.807) is 0 Å². The standard InChI is InChI=1S/C14H15ClN2OS/c1-3-13(18)17-14-16-9(2)12(19-14)8-10-4-6-11(15)7-5-10/h4-7H,3,8H2,1-2H3,(H,16,17,18). The molecule has 1 aromatic carbocycles. The van der Waals surface area contributed by atoms with Crippen LogP contribution in [0.15, 0.2) is 24.3 Å². The maximum absolute atomic E-state index is 11.3. The second kappa shape index (κ2) is 6.17. The average molecular weight is 295 g/mol. The normalized spacial score (nSPS) is 10.5. The van der Waals surface area contributed by atoms with Gasteiger partial charge in [-0.25, -0.2) is 4.98 Å². The van der Waals surface area contributed by atoms with Gasteiger partial charge in [-0.3, -0.25) is 4.79 Å². The number of aryl methyl sites for hydroxylation is 1. The lowest BCUT2D eigenvalue weighted by Crippen LogP contribution is -2.08. The highest BCUT2D eigenvalue weighted by molar-refractivity contribution is 7.15. The Morgan fingerprint density at radius 3 is 2.68 bits per heavy atom. The van der Waals surface area contributed by atoms with Crippen LogP contribution in [0.2, 0.25) is 5.02 Å². The van der Waals surface area contributed by atoms with E-state index < -0.39 is 0 Å². The lowest BCUT2D eigenvalue weighted by Gasteiger charge is -1.99. The van der Waals surface area contributed by atoms with Crippen molar-refractivity contribution in [3.63, 3.8) is 0 Å². The molecule has 0 aliphatic heterocycles. The van der Waals surface area contributed by atoms with Crippen LogP contribution in [-0.4, -0.2) is 10.9 Å². The van der Waals surface area contributed by atoms with Crippen molar-refractivity contribution in [3.05, 3.63) is 45.4 Å². The largest absolute Gasteiger partial charge is 0.302 e. The third-order valence-electron chi connectivity index (χ3n) is 2.74. The molecule has 1 amide bonds. The number of hydrogen-bond acceptors (Lipinski definition) is 3. The quantitative estimate of drug-likeness (QED) is 0.924. The summed E-state index contributed by atoms with van der Waals surface area (Å²) in [4.78, 5) is 16.9. The molecule has 1 N–H and O–H groups in total. The summed E-state index contributed by atoms with van der Waals surface area (Å²) < 4.78 is 0. The first-order chi connectivity index (χ1) is 9.08. The van der Waals surface area contributed by atoms with Crippen LogP contribution in [0, 0.1) is 6.92 Å². The minimum absolute atomic E-state index is 0.00760. The number of carbonyl (C=O) groups excluding carboxylic acids is 1. The molecule has 2 aromatic rings. The molecule has 0 unspecified atom stereocenters. The Bertz CT molecular complexity index is 578. The zero-order valence-corrected chi connectivity index (χ0v) is 12.4. The van der Waals surface area contributed by atoms with E-state index in [1.807, 2.05) is 38.1 Å². The summed E-state index contributed by atoms with van der Waals surface area (Å²) >= 11 is 7.39. The molecule has 0 spiro atoms. The van der Waals surface area contributed by atoms with Crippen molar-refractivity contribution in [2.45, 2.75) is 26.7 Å². The van der Waals surface area contributed by atoms with Gasteiger partial charge in [-0.05, 0) is 24.6 Å². The number of rotatable bonds is 4. The van der Waals surface area contributed by atoms with Crippen molar-refractivity contribution in [3.8, 4) is 0 Å². The Kier molecular flexibility index (Phi) is 4.56. The topological polar surface area (TPSA) is 42.0 Å². The molecule has 100 valence electrons. The second-order valence-corrected chi connectivity index (χ2v) is 5.75. The molecule has 5 heteroatoms. The predicted molar refractivity (Wildman–Crippen MR) is 80.0 cm³/mol. The van der Waals surface area contributed by atoms with Gasteiger partial charge in [-0.1, -0.05) is 30.7 Å². The van der Waals surface area contributed by atoms with Gasteiger partial charge in [0.1, 0.15) is 0 Å². The summed E-state index contributed by atoms with van der Waals surface area (Å²) in [5.74, 6) is -0.00760. The van der Waals surface area contributed by atoms with Gasteiger partial charge in [-0.15, -0.1) is 11.3 Å². The van der Waals surface area contributed by atoms with E-state index in [9.17, 15) is 4.79 Å². The Morgan fingerprint density at radius 2 is 2.05 bits per heavy atom. The Morgan fingerprint density at radius 1 is 1.37 bits per heavy atom. The summed E-state index contributed by atoms with van der Waals surface area (Å²) in [6, 6.07) is 7.78. The molecule has 0 fully saturated rings. The summed E-state index contributed by atoms with van der Waals surface area (Å²) in [7, 11) is 0. The zero-order valence-electron chi connectivity index (χ0n) is 10.9. The molecule has 0 saturated carbocycles. The fraction of sp³-hybridized carbons (Fsp3) is 0.286. The van der Waals surface area contributed by atoms with E-state index in [-0.39, 0.29) is 5.91 Å². The lowest BCUT2D eigenvalue weighted by atomic mass is 10.1. The molecular weight excluding hydrogens is 280 g/mol. The number of carbonyl (C=O) groups is 1. The van der Waals surface area contributed by atoms with Crippen LogP contribution in [-0.2, 0) is 11.2 Å². The van der Waals surface area contributed by atoms with Crippen LogP contribution < -0.4 is 5.32 Å². The molecule has 0 saturated heterocycles. The fourth-order valence-electron chi connectivity index (χ4n) is 1.64. The van der Waals surface area contributed by atoms with E-state index in [0.717, 1.165) is 22.0 Å². The number of aromatic nitrogens is 1. The van der Waals surface area contributed by atoms with E-state index in [2.05, 4.69) is 10.3 Å². The molecule has 0 aliphatic carbocycles. The van der Waals surface area contributed by atoms with Gasteiger partial charge in [0.05, 0.1) is 5.69 Å². The monoisotopic (exact) mass is 294 g/mol. The summed E-state index contributed by atoms with van der Waals surface area (Å²) in [6.45, 7) is 3.79. The lowest BCUT2D eigenvalue weighted by molar-refractivity contribution is -0.115. The maximum atomic E-state index is 11.3. The Labute approximate surface area is 121 Å². The summed E-state index contributed by atoms with van der Waals surface area (Å²) in [6.07, 6.45) is 1.27. The number of nitrogens with one attached hydrogen (secondary N) is 1. The minimum Gasteiger partial charge on any atom is -0.302 e. The number of thiazole rings is 1. The number of nitrogens with zero attached hydrogens (tertiary/aromatic N) is 1. The van der Waals surface area contributed by atoms with Gasteiger partial charge in [-0.2, -0.15) is 0 Å². The molecule has 0 aliphatic rings. The Hall–Kier alpha value is -1.39. The highest BCUT2D eigenvalue weighted by Gasteiger charge is 2.10. The summed E-state index contributed by atoms with van der Waals surface area (Å²) in [5.41, 5.74) is 2.15. The third-order valence-corrected chi connectivity index (χ3v) is 4.06. The SMILES string of the molecule is CCC(=O)Nc1nc(C)c(Cc2ccc(Cl)cc2)s1. The van der Waals surface area contributed by atoms with Crippen molar-refractivity contribution in [2.24, 2.45) is 0 Å². The molecule has 3 nitrogen and oxygen atoms in total. The first kappa shape index (κ1) is 14.0. The number of benzene rings is 1. The first-order valence-electron chi connectivity index (χ1n) is 6.09. The van der Waals surface area contributed by atoms with Crippen molar-refractivity contribution in [2.75, 3.05) is 5.32 Å². The first-order valence-corrected chi connectivity index (χ1v) is 7.28. The number of anilines is 1. The molecule has 1 aromatic heterocycles. The molecule has 0 bridgehead atoms. The van der Waals surface area contributed by atoms with Crippen molar-refractivity contribution < 1.29 is 4.79 Å².